The maximum Gasteiger partial charge on any atom is 0.259 e. The van der Waals surface area contributed by atoms with Gasteiger partial charge in [-0.1, -0.05) is 24.3 Å². The smallest absolute Gasteiger partial charge is 0.259 e. The molecule has 0 saturated carbocycles. The van der Waals surface area contributed by atoms with Crippen molar-refractivity contribution in [1.29, 1.82) is 0 Å². The van der Waals surface area contributed by atoms with Gasteiger partial charge in [-0.2, -0.15) is 0 Å². The summed E-state index contributed by atoms with van der Waals surface area (Å²) in [6.07, 6.45) is 3.03. The molecule has 0 aromatic heterocycles. The lowest BCUT2D eigenvalue weighted by Gasteiger charge is -2.33. The number of nitrogens with zero attached hydrogens (tertiary/aromatic N) is 2. The van der Waals surface area contributed by atoms with E-state index in [2.05, 4.69) is 6.92 Å². The summed E-state index contributed by atoms with van der Waals surface area (Å²) in [5.41, 5.74) is 2.00. The number of hydrogen-bond donors (Lipinski definition) is 0. The summed E-state index contributed by atoms with van der Waals surface area (Å²) in [5.74, 6) is -0.749. The zero-order valence-corrected chi connectivity index (χ0v) is 19.7. The summed E-state index contributed by atoms with van der Waals surface area (Å²) in [5, 5.41) is 0. The summed E-state index contributed by atoms with van der Waals surface area (Å²) < 4.78 is 27.0. The maximum atomic E-state index is 13.7. The molecule has 0 radical (unpaired) electrons. The van der Waals surface area contributed by atoms with Crippen molar-refractivity contribution in [3.8, 4) is 0 Å². The van der Waals surface area contributed by atoms with E-state index in [1.807, 2.05) is 4.90 Å². The second-order valence-corrected chi connectivity index (χ2v) is 10.2. The Hall–Kier alpha value is -3.32. The van der Waals surface area contributed by atoms with Gasteiger partial charge in [-0.25, -0.2) is 8.60 Å². The molecule has 174 valence electrons. The first-order valence-corrected chi connectivity index (χ1v) is 12.6. The van der Waals surface area contributed by atoms with Gasteiger partial charge >= 0.3 is 0 Å². The van der Waals surface area contributed by atoms with E-state index in [1.165, 1.54) is 12.1 Å². The molecule has 0 aliphatic carbocycles. The van der Waals surface area contributed by atoms with Gasteiger partial charge in [0, 0.05) is 18.2 Å². The Morgan fingerprint density at radius 2 is 1.79 bits per heavy atom. The standard InChI is InChI=1S/C27H25FN2O3S/c1-18-6-4-5-15-29(18)26(31)20-11-14-25-23(16-20)30(17-19-9-12-21(28)13-10-19)27(32)22-7-2-3-8-24(22)34(25)33/h2-3,7-14,16,18H,4-6,15,17H2,1H3/t18-,34-/m1/s1. The van der Waals surface area contributed by atoms with Gasteiger partial charge in [-0.05, 0) is 74.2 Å². The number of fused-ring (bicyclic) bond motifs is 2. The number of benzene rings is 3. The first-order valence-electron chi connectivity index (χ1n) is 11.5. The topological polar surface area (TPSA) is 57.7 Å². The zero-order chi connectivity index (χ0) is 23.8. The molecule has 7 heteroatoms. The predicted octanol–water partition coefficient (Wildman–Crippen LogP) is 5.17. The Balaban J connectivity index is 1.62. The second kappa shape index (κ2) is 9.14. The van der Waals surface area contributed by atoms with Crippen molar-refractivity contribution in [2.75, 3.05) is 11.4 Å². The van der Waals surface area contributed by atoms with Gasteiger partial charge in [0.2, 0.25) is 0 Å². The molecule has 1 saturated heterocycles. The number of likely N-dealkylation sites (tertiary alicyclic amines) is 1. The first kappa shape index (κ1) is 22.5. The van der Waals surface area contributed by atoms with Crippen LogP contribution in [0.2, 0.25) is 0 Å². The average molecular weight is 477 g/mol. The van der Waals surface area contributed by atoms with Gasteiger partial charge in [0.1, 0.15) is 5.82 Å². The fourth-order valence-corrected chi connectivity index (χ4v) is 6.04. The first-order chi connectivity index (χ1) is 16.4. The molecule has 2 atom stereocenters. The number of hydrogen-bond acceptors (Lipinski definition) is 3. The minimum Gasteiger partial charge on any atom is -0.336 e. The lowest BCUT2D eigenvalue weighted by molar-refractivity contribution is 0.0635. The zero-order valence-electron chi connectivity index (χ0n) is 18.9. The van der Waals surface area contributed by atoms with Crippen molar-refractivity contribution in [1.82, 2.24) is 4.90 Å². The SMILES string of the molecule is C[C@@H]1CCCCN1C(=O)c1ccc2c(c1)N(Cc1ccc(F)cc1)C(=O)c1ccccc1[S@]2=O. The number of carbonyl (C=O) groups is 2. The van der Waals surface area contributed by atoms with E-state index >= 15 is 0 Å². The van der Waals surface area contributed by atoms with Crippen LogP contribution in [0, 0.1) is 5.82 Å². The van der Waals surface area contributed by atoms with E-state index in [0.29, 0.717) is 33.2 Å². The van der Waals surface area contributed by atoms with Crippen LogP contribution in [0.3, 0.4) is 0 Å². The van der Waals surface area contributed by atoms with E-state index in [-0.39, 0.29) is 30.2 Å². The largest absolute Gasteiger partial charge is 0.336 e. The lowest BCUT2D eigenvalue weighted by atomic mass is 10.0. The third kappa shape index (κ3) is 4.05. The molecule has 0 bridgehead atoms. The van der Waals surface area contributed by atoms with Crippen molar-refractivity contribution in [3.05, 3.63) is 89.2 Å². The molecule has 5 rings (SSSR count). The van der Waals surface area contributed by atoms with E-state index in [0.717, 1.165) is 24.8 Å². The summed E-state index contributed by atoms with van der Waals surface area (Å²) in [4.78, 5) is 31.4. The molecule has 0 N–H and O–H groups in total. The monoisotopic (exact) mass is 476 g/mol. The van der Waals surface area contributed by atoms with Crippen molar-refractivity contribution in [2.24, 2.45) is 0 Å². The van der Waals surface area contributed by atoms with Crippen molar-refractivity contribution in [3.63, 3.8) is 0 Å². The summed E-state index contributed by atoms with van der Waals surface area (Å²) in [6.45, 7) is 2.92. The number of amides is 2. The molecule has 2 amide bonds. The van der Waals surface area contributed by atoms with Gasteiger partial charge in [-0.3, -0.25) is 9.59 Å². The molecule has 0 unspecified atom stereocenters. The fourth-order valence-electron chi connectivity index (χ4n) is 4.69. The van der Waals surface area contributed by atoms with Crippen molar-refractivity contribution < 1.29 is 18.2 Å². The van der Waals surface area contributed by atoms with Crippen molar-refractivity contribution in [2.45, 2.75) is 48.6 Å². The molecule has 1 fully saturated rings. The highest BCUT2D eigenvalue weighted by Gasteiger charge is 2.32. The van der Waals surface area contributed by atoms with Gasteiger partial charge in [0.25, 0.3) is 11.8 Å². The maximum absolute atomic E-state index is 13.7. The Morgan fingerprint density at radius 1 is 1.03 bits per heavy atom. The minimum absolute atomic E-state index is 0.0864. The summed E-state index contributed by atoms with van der Waals surface area (Å²) in [6, 6.07) is 18.0. The predicted molar refractivity (Wildman–Crippen MR) is 129 cm³/mol. The molecule has 2 heterocycles. The molecule has 2 aliphatic heterocycles. The summed E-state index contributed by atoms with van der Waals surface area (Å²) in [7, 11) is -1.59. The van der Waals surface area contributed by atoms with E-state index in [4.69, 9.17) is 0 Å². The lowest BCUT2D eigenvalue weighted by Crippen LogP contribution is -2.42. The van der Waals surface area contributed by atoms with Gasteiger partial charge in [0.15, 0.2) is 0 Å². The van der Waals surface area contributed by atoms with Gasteiger partial charge < -0.3 is 9.80 Å². The van der Waals surface area contributed by atoms with Crippen LogP contribution in [0.15, 0.2) is 76.5 Å². The average Bonchev–Trinajstić information content (AvgIpc) is 2.94. The third-order valence-electron chi connectivity index (χ3n) is 6.58. The van der Waals surface area contributed by atoms with Crippen LogP contribution >= 0.6 is 0 Å². The van der Waals surface area contributed by atoms with E-state index in [1.54, 1.807) is 59.5 Å². The highest BCUT2D eigenvalue weighted by molar-refractivity contribution is 7.85. The van der Waals surface area contributed by atoms with E-state index < -0.39 is 10.8 Å². The van der Waals surface area contributed by atoms with E-state index in [9.17, 15) is 18.2 Å². The van der Waals surface area contributed by atoms with Gasteiger partial charge in [0.05, 0.1) is 38.4 Å². The highest BCUT2D eigenvalue weighted by Crippen LogP contribution is 2.36. The summed E-state index contributed by atoms with van der Waals surface area (Å²) >= 11 is 0. The van der Waals surface area contributed by atoms with Crippen LogP contribution in [-0.2, 0) is 17.3 Å². The molecule has 3 aromatic carbocycles. The van der Waals surface area contributed by atoms with Crippen LogP contribution in [-0.4, -0.2) is 33.5 Å². The fraction of sp³-hybridized carbons (Fsp3) is 0.259. The normalized spacial score (nSPS) is 19.9. The number of halogens is 1. The van der Waals surface area contributed by atoms with Gasteiger partial charge in [-0.15, -0.1) is 0 Å². The second-order valence-electron chi connectivity index (χ2n) is 8.81. The van der Waals surface area contributed by atoms with Crippen LogP contribution in [0.25, 0.3) is 0 Å². The molecule has 2 aliphatic rings. The molecule has 34 heavy (non-hydrogen) atoms. The Morgan fingerprint density at radius 3 is 2.56 bits per heavy atom. The van der Waals surface area contributed by atoms with Crippen LogP contribution in [0.4, 0.5) is 10.1 Å². The minimum atomic E-state index is -1.59. The Labute approximate surface area is 200 Å². The molecule has 5 nitrogen and oxygen atoms in total. The third-order valence-corrected chi connectivity index (χ3v) is 8.08. The number of rotatable bonds is 3. The highest BCUT2D eigenvalue weighted by atomic mass is 32.2. The number of piperidine rings is 1. The quantitative estimate of drug-likeness (QED) is 0.524. The number of anilines is 1. The molecular formula is C27H25FN2O3S. The van der Waals surface area contributed by atoms with Crippen LogP contribution in [0.5, 0.6) is 0 Å². The van der Waals surface area contributed by atoms with Crippen LogP contribution in [0.1, 0.15) is 52.5 Å². The Kier molecular flexibility index (Phi) is 6.04. The Bertz CT molecular complexity index is 1290. The van der Waals surface area contributed by atoms with Crippen molar-refractivity contribution >= 4 is 28.3 Å². The molecular weight excluding hydrogens is 451 g/mol. The van der Waals surface area contributed by atoms with Crippen LogP contribution < -0.4 is 4.90 Å². The number of carbonyl (C=O) groups excluding carboxylic acids is 2. The molecule has 0 spiro atoms. The molecule has 3 aromatic rings.